The van der Waals surface area contributed by atoms with Gasteiger partial charge in [0.15, 0.2) is 0 Å². The molecule has 1 aliphatic rings. The van der Waals surface area contributed by atoms with Crippen LogP contribution in [-0.4, -0.2) is 12.6 Å². The van der Waals surface area contributed by atoms with Gasteiger partial charge < -0.3 is 10.6 Å². The van der Waals surface area contributed by atoms with Crippen LogP contribution >= 0.6 is 0 Å². The summed E-state index contributed by atoms with van der Waals surface area (Å²) in [6, 6.07) is 5.50. The fourth-order valence-electron chi connectivity index (χ4n) is 2.28. The Morgan fingerprint density at radius 2 is 2.18 bits per heavy atom. The molecule has 2 nitrogen and oxygen atoms in total. The number of hydrogen-bond donors (Lipinski definition) is 1. The van der Waals surface area contributed by atoms with Gasteiger partial charge in [-0.3, -0.25) is 0 Å². The molecule has 1 fully saturated rings. The lowest BCUT2D eigenvalue weighted by atomic mass is 10.1. The fourth-order valence-corrected chi connectivity index (χ4v) is 2.28. The third-order valence-corrected chi connectivity index (χ3v) is 3.24. The summed E-state index contributed by atoms with van der Waals surface area (Å²) >= 11 is 0. The summed E-state index contributed by atoms with van der Waals surface area (Å²) in [7, 11) is 0. The highest BCUT2D eigenvalue weighted by atomic mass is 19.1. The van der Waals surface area contributed by atoms with Crippen molar-refractivity contribution in [1.82, 2.24) is 0 Å². The molecule has 1 saturated carbocycles. The predicted molar refractivity (Wildman–Crippen MR) is 69.7 cm³/mol. The first-order valence-corrected chi connectivity index (χ1v) is 6.45. The van der Waals surface area contributed by atoms with Crippen LogP contribution in [0.3, 0.4) is 0 Å². The molecule has 2 N–H and O–H groups in total. The molecule has 17 heavy (non-hydrogen) atoms. The van der Waals surface area contributed by atoms with Crippen LogP contribution in [0, 0.1) is 5.82 Å². The molecule has 0 amide bonds. The number of nitrogens with two attached hydrogens (primary N) is 1. The van der Waals surface area contributed by atoms with E-state index >= 15 is 0 Å². The van der Waals surface area contributed by atoms with E-state index in [0.717, 1.165) is 24.2 Å². The number of halogens is 1. The maximum absolute atomic E-state index is 13.3. The number of hydrogen-bond acceptors (Lipinski definition) is 2. The van der Waals surface area contributed by atoms with Crippen molar-refractivity contribution in [3.8, 4) is 0 Å². The smallest absolute Gasteiger partial charge is 0.123 e. The van der Waals surface area contributed by atoms with Gasteiger partial charge in [-0.05, 0) is 49.9 Å². The van der Waals surface area contributed by atoms with E-state index < -0.39 is 0 Å². The quantitative estimate of drug-likeness (QED) is 0.850. The molecule has 2 rings (SSSR count). The minimum absolute atomic E-state index is 0.126. The van der Waals surface area contributed by atoms with Crippen LogP contribution < -0.4 is 10.6 Å². The van der Waals surface area contributed by atoms with Crippen molar-refractivity contribution < 1.29 is 4.39 Å². The van der Waals surface area contributed by atoms with E-state index in [4.69, 9.17) is 5.73 Å². The molecule has 1 aromatic rings. The lowest BCUT2D eigenvalue weighted by molar-refractivity contribution is 0.620. The molecule has 0 bridgehead atoms. The highest BCUT2D eigenvalue weighted by molar-refractivity contribution is 5.56. The zero-order chi connectivity index (χ0) is 12.4. The standard InChI is InChI=1S/C14H21FN2/c1-3-8-17(12-5-6-12)14-7-4-11(15)9-13(14)10(2)16/h4,7,9-10,12H,3,5-6,8,16H2,1-2H3. The van der Waals surface area contributed by atoms with E-state index in [1.54, 1.807) is 6.07 Å². The van der Waals surface area contributed by atoms with E-state index in [1.807, 2.05) is 13.0 Å². The van der Waals surface area contributed by atoms with E-state index in [-0.39, 0.29) is 11.9 Å². The first-order valence-electron chi connectivity index (χ1n) is 6.45. The maximum atomic E-state index is 13.3. The normalized spacial score (nSPS) is 16.9. The summed E-state index contributed by atoms with van der Waals surface area (Å²) in [5, 5.41) is 0. The molecular weight excluding hydrogens is 215 g/mol. The monoisotopic (exact) mass is 236 g/mol. The van der Waals surface area contributed by atoms with Gasteiger partial charge in [0, 0.05) is 24.3 Å². The Bertz CT molecular complexity index is 386. The zero-order valence-corrected chi connectivity index (χ0v) is 10.6. The summed E-state index contributed by atoms with van der Waals surface area (Å²) in [6.45, 7) is 5.11. The van der Waals surface area contributed by atoms with Gasteiger partial charge in [-0.15, -0.1) is 0 Å². The number of nitrogens with zero attached hydrogens (tertiary/aromatic N) is 1. The van der Waals surface area contributed by atoms with Crippen LogP contribution in [0.4, 0.5) is 10.1 Å². The van der Waals surface area contributed by atoms with Crippen LogP contribution in [0.15, 0.2) is 18.2 Å². The molecule has 0 radical (unpaired) electrons. The molecular formula is C14H21FN2. The SMILES string of the molecule is CCCN(c1ccc(F)cc1C(C)N)C1CC1. The number of anilines is 1. The Hall–Kier alpha value is -1.09. The molecule has 0 aliphatic heterocycles. The average molecular weight is 236 g/mol. The van der Waals surface area contributed by atoms with Crippen molar-refractivity contribution in [2.75, 3.05) is 11.4 Å². The van der Waals surface area contributed by atoms with Gasteiger partial charge in [-0.2, -0.15) is 0 Å². The average Bonchev–Trinajstić information content (AvgIpc) is 3.10. The third kappa shape index (κ3) is 2.78. The number of benzene rings is 1. The van der Waals surface area contributed by atoms with Crippen LogP contribution in [0.2, 0.25) is 0 Å². The summed E-state index contributed by atoms with van der Waals surface area (Å²) in [4.78, 5) is 2.39. The largest absolute Gasteiger partial charge is 0.368 e. The molecule has 1 atom stereocenters. The second-order valence-corrected chi connectivity index (χ2v) is 4.92. The van der Waals surface area contributed by atoms with E-state index in [1.165, 1.54) is 18.9 Å². The zero-order valence-electron chi connectivity index (χ0n) is 10.6. The molecule has 0 saturated heterocycles. The van der Waals surface area contributed by atoms with Crippen LogP contribution in [0.5, 0.6) is 0 Å². The van der Waals surface area contributed by atoms with Crippen molar-refractivity contribution in [3.63, 3.8) is 0 Å². The summed E-state index contributed by atoms with van der Waals surface area (Å²) in [6.07, 6.45) is 3.60. The first-order chi connectivity index (χ1) is 8.13. The topological polar surface area (TPSA) is 29.3 Å². The minimum Gasteiger partial charge on any atom is -0.368 e. The second kappa shape index (κ2) is 5.05. The van der Waals surface area contributed by atoms with Gasteiger partial charge in [0.05, 0.1) is 0 Å². The molecule has 0 spiro atoms. The lowest BCUT2D eigenvalue weighted by Crippen LogP contribution is -2.28. The van der Waals surface area contributed by atoms with E-state index in [2.05, 4.69) is 11.8 Å². The summed E-state index contributed by atoms with van der Waals surface area (Å²) in [5.74, 6) is -0.201. The van der Waals surface area contributed by atoms with Crippen LogP contribution in [-0.2, 0) is 0 Å². The van der Waals surface area contributed by atoms with Gasteiger partial charge in [0.2, 0.25) is 0 Å². The molecule has 94 valence electrons. The molecule has 1 aliphatic carbocycles. The molecule has 0 aromatic heterocycles. The second-order valence-electron chi connectivity index (χ2n) is 4.92. The Labute approximate surface area is 103 Å². The fraction of sp³-hybridized carbons (Fsp3) is 0.571. The van der Waals surface area contributed by atoms with Crippen molar-refractivity contribution in [3.05, 3.63) is 29.6 Å². The molecule has 1 unspecified atom stereocenters. The number of rotatable bonds is 5. The van der Waals surface area contributed by atoms with Crippen molar-refractivity contribution in [2.24, 2.45) is 5.73 Å². The molecule has 3 heteroatoms. The maximum Gasteiger partial charge on any atom is 0.123 e. The van der Waals surface area contributed by atoms with Gasteiger partial charge in [-0.25, -0.2) is 4.39 Å². The van der Waals surface area contributed by atoms with Gasteiger partial charge >= 0.3 is 0 Å². The van der Waals surface area contributed by atoms with E-state index in [0.29, 0.717) is 6.04 Å². The van der Waals surface area contributed by atoms with Crippen LogP contribution in [0.1, 0.15) is 44.7 Å². The Balaban J connectivity index is 2.34. The van der Waals surface area contributed by atoms with Crippen molar-refractivity contribution in [1.29, 1.82) is 0 Å². The highest BCUT2D eigenvalue weighted by Gasteiger charge is 2.30. The molecule has 1 aromatic carbocycles. The minimum atomic E-state index is -0.201. The Kier molecular flexibility index (Phi) is 3.67. The predicted octanol–water partition coefficient (Wildman–Crippen LogP) is 3.22. The van der Waals surface area contributed by atoms with Crippen LogP contribution in [0.25, 0.3) is 0 Å². The lowest BCUT2D eigenvalue weighted by Gasteiger charge is -2.28. The van der Waals surface area contributed by atoms with Crippen molar-refractivity contribution >= 4 is 5.69 Å². The van der Waals surface area contributed by atoms with Gasteiger partial charge in [0.25, 0.3) is 0 Å². The molecule has 0 heterocycles. The highest BCUT2D eigenvalue weighted by Crippen LogP contribution is 2.35. The Morgan fingerprint density at radius 1 is 1.47 bits per heavy atom. The Morgan fingerprint density at radius 3 is 2.71 bits per heavy atom. The van der Waals surface area contributed by atoms with E-state index in [9.17, 15) is 4.39 Å². The third-order valence-electron chi connectivity index (χ3n) is 3.24. The first kappa shape index (κ1) is 12.4. The summed E-state index contributed by atoms with van der Waals surface area (Å²) < 4.78 is 13.3. The van der Waals surface area contributed by atoms with Crippen molar-refractivity contribution in [2.45, 2.75) is 45.2 Å². The summed E-state index contributed by atoms with van der Waals surface area (Å²) in [5.41, 5.74) is 7.98. The van der Waals surface area contributed by atoms with Gasteiger partial charge in [-0.1, -0.05) is 6.92 Å². The van der Waals surface area contributed by atoms with Gasteiger partial charge in [0.1, 0.15) is 5.82 Å².